The maximum absolute atomic E-state index is 6.05. The molecule has 0 spiro atoms. The molecule has 0 atom stereocenters. The Morgan fingerprint density at radius 1 is 1.44 bits per heavy atom. The third-order valence-corrected chi connectivity index (χ3v) is 3.01. The molecule has 0 bridgehead atoms. The normalized spacial score (nSPS) is 10.7. The van der Waals surface area contributed by atoms with Crippen LogP contribution in [0.4, 0.5) is 5.69 Å². The van der Waals surface area contributed by atoms with Gasteiger partial charge in [0.05, 0.1) is 23.4 Å². The van der Waals surface area contributed by atoms with Crippen molar-refractivity contribution in [2.24, 2.45) is 7.05 Å². The van der Waals surface area contributed by atoms with Gasteiger partial charge in [0.25, 0.3) is 0 Å². The van der Waals surface area contributed by atoms with Crippen molar-refractivity contribution in [2.75, 3.05) is 12.8 Å². The van der Waals surface area contributed by atoms with Crippen LogP contribution < -0.4 is 10.5 Å². The highest BCUT2D eigenvalue weighted by molar-refractivity contribution is 6.33. The number of nitrogen functional groups attached to an aromatic ring is 1. The largest absolute Gasteiger partial charge is 0.496 e. The van der Waals surface area contributed by atoms with E-state index >= 15 is 0 Å². The molecule has 0 radical (unpaired) electrons. The second-order valence-corrected chi connectivity index (χ2v) is 4.31. The molecule has 0 amide bonds. The summed E-state index contributed by atoms with van der Waals surface area (Å²) in [6, 6.07) is 3.44. The van der Waals surface area contributed by atoms with Crippen molar-refractivity contribution in [3.05, 3.63) is 23.0 Å². The van der Waals surface area contributed by atoms with Crippen molar-refractivity contribution in [3.8, 4) is 17.1 Å². The van der Waals surface area contributed by atoms with Crippen LogP contribution in [0.2, 0.25) is 5.02 Å². The van der Waals surface area contributed by atoms with E-state index in [0.717, 1.165) is 17.8 Å². The third kappa shape index (κ3) is 2.13. The summed E-state index contributed by atoms with van der Waals surface area (Å²) in [6.45, 7) is 2.01. The van der Waals surface area contributed by atoms with E-state index in [1.54, 1.807) is 23.9 Å². The van der Waals surface area contributed by atoms with Crippen molar-refractivity contribution >= 4 is 17.3 Å². The summed E-state index contributed by atoms with van der Waals surface area (Å²) in [4.78, 5) is 4.45. The van der Waals surface area contributed by atoms with E-state index in [1.165, 1.54) is 0 Å². The van der Waals surface area contributed by atoms with Gasteiger partial charge in [-0.2, -0.15) is 5.10 Å². The van der Waals surface area contributed by atoms with Crippen molar-refractivity contribution < 1.29 is 4.74 Å². The highest BCUT2D eigenvalue weighted by Crippen LogP contribution is 2.35. The molecule has 5 nitrogen and oxygen atoms in total. The molecule has 18 heavy (non-hydrogen) atoms. The molecule has 2 aromatic rings. The summed E-state index contributed by atoms with van der Waals surface area (Å²) in [5.41, 5.74) is 7.02. The molecule has 0 aliphatic carbocycles. The van der Waals surface area contributed by atoms with Gasteiger partial charge >= 0.3 is 0 Å². The van der Waals surface area contributed by atoms with Gasteiger partial charge in [-0.3, -0.25) is 0 Å². The molecule has 0 saturated heterocycles. The molecule has 0 aliphatic rings. The zero-order chi connectivity index (χ0) is 13.3. The molecule has 6 heteroatoms. The van der Waals surface area contributed by atoms with Gasteiger partial charge in [0.15, 0.2) is 11.6 Å². The summed E-state index contributed by atoms with van der Waals surface area (Å²) in [5, 5.41) is 4.79. The van der Waals surface area contributed by atoms with E-state index in [-0.39, 0.29) is 0 Å². The highest BCUT2D eigenvalue weighted by atomic mass is 35.5. The quantitative estimate of drug-likeness (QED) is 0.866. The molecule has 1 aromatic heterocycles. The number of nitrogens with two attached hydrogens (primary N) is 1. The Bertz CT molecular complexity index is 580. The lowest BCUT2D eigenvalue weighted by Crippen LogP contribution is -1.98. The summed E-state index contributed by atoms with van der Waals surface area (Å²) in [6.07, 6.45) is 0.777. The summed E-state index contributed by atoms with van der Waals surface area (Å²) in [5.74, 6) is 2.13. The van der Waals surface area contributed by atoms with E-state index < -0.39 is 0 Å². The zero-order valence-corrected chi connectivity index (χ0v) is 11.3. The van der Waals surface area contributed by atoms with Crippen LogP contribution in [0.25, 0.3) is 11.4 Å². The monoisotopic (exact) mass is 266 g/mol. The van der Waals surface area contributed by atoms with E-state index in [9.17, 15) is 0 Å². The molecule has 0 fully saturated rings. The minimum Gasteiger partial charge on any atom is -0.496 e. The highest BCUT2D eigenvalue weighted by Gasteiger charge is 2.15. The summed E-state index contributed by atoms with van der Waals surface area (Å²) >= 11 is 6.05. The molecule has 1 heterocycles. The molecule has 2 rings (SSSR count). The number of anilines is 1. The average molecular weight is 267 g/mol. The lowest BCUT2D eigenvalue weighted by molar-refractivity contribution is 0.416. The van der Waals surface area contributed by atoms with Gasteiger partial charge in [0.1, 0.15) is 5.75 Å². The van der Waals surface area contributed by atoms with Crippen LogP contribution in [0.5, 0.6) is 5.75 Å². The zero-order valence-electron chi connectivity index (χ0n) is 10.6. The standard InChI is InChI=1S/C12H15ClN4O/c1-4-11-15-12(17(2)16-11)7-5-8(13)9(14)6-10(7)18-3/h5-6H,4,14H2,1-3H3. The number of ether oxygens (including phenoxy) is 1. The number of benzene rings is 1. The number of nitrogens with zero attached hydrogens (tertiary/aromatic N) is 3. The van der Waals surface area contributed by atoms with Gasteiger partial charge in [0.2, 0.25) is 0 Å². The number of halogens is 1. The number of rotatable bonds is 3. The molecular formula is C12H15ClN4O. The predicted molar refractivity (Wildman–Crippen MR) is 71.8 cm³/mol. The Labute approximate surface area is 111 Å². The Kier molecular flexibility index (Phi) is 3.43. The predicted octanol–water partition coefficient (Wildman–Crippen LogP) is 2.29. The first-order valence-corrected chi connectivity index (χ1v) is 5.97. The van der Waals surface area contributed by atoms with Crippen molar-refractivity contribution in [1.29, 1.82) is 0 Å². The lowest BCUT2D eigenvalue weighted by Gasteiger charge is -2.09. The van der Waals surface area contributed by atoms with Crippen LogP contribution in [0.1, 0.15) is 12.7 Å². The van der Waals surface area contributed by atoms with Crippen LogP contribution in [0, 0.1) is 0 Å². The van der Waals surface area contributed by atoms with E-state index in [4.69, 9.17) is 22.1 Å². The lowest BCUT2D eigenvalue weighted by atomic mass is 10.1. The fraction of sp³-hybridized carbons (Fsp3) is 0.333. The second-order valence-electron chi connectivity index (χ2n) is 3.90. The first-order chi connectivity index (χ1) is 8.56. The maximum atomic E-state index is 6.05. The second kappa shape index (κ2) is 4.86. The first kappa shape index (κ1) is 12.7. The topological polar surface area (TPSA) is 66.0 Å². The van der Waals surface area contributed by atoms with E-state index in [2.05, 4.69) is 10.1 Å². The number of aromatic nitrogens is 3. The number of aryl methyl sites for hydroxylation is 2. The Hall–Kier alpha value is -1.75. The fourth-order valence-electron chi connectivity index (χ4n) is 1.73. The van der Waals surface area contributed by atoms with Crippen molar-refractivity contribution in [3.63, 3.8) is 0 Å². The van der Waals surface area contributed by atoms with Gasteiger partial charge in [-0.05, 0) is 6.07 Å². The molecule has 96 valence electrons. The van der Waals surface area contributed by atoms with Crippen LogP contribution in [0.15, 0.2) is 12.1 Å². The summed E-state index contributed by atoms with van der Waals surface area (Å²) in [7, 11) is 3.43. The molecule has 2 N–H and O–H groups in total. The Morgan fingerprint density at radius 3 is 2.72 bits per heavy atom. The van der Waals surface area contributed by atoms with E-state index in [1.807, 2.05) is 14.0 Å². The Balaban J connectivity index is 2.61. The van der Waals surface area contributed by atoms with Gasteiger partial charge in [-0.1, -0.05) is 18.5 Å². The van der Waals surface area contributed by atoms with Crippen LogP contribution in [-0.4, -0.2) is 21.9 Å². The molecular weight excluding hydrogens is 252 g/mol. The maximum Gasteiger partial charge on any atom is 0.161 e. The number of hydrogen-bond donors (Lipinski definition) is 1. The van der Waals surface area contributed by atoms with Crippen molar-refractivity contribution in [2.45, 2.75) is 13.3 Å². The van der Waals surface area contributed by atoms with Gasteiger partial charge in [0, 0.05) is 19.5 Å². The third-order valence-electron chi connectivity index (χ3n) is 2.68. The molecule has 0 saturated carbocycles. The van der Waals surface area contributed by atoms with Gasteiger partial charge < -0.3 is 10.5 Å². The number of hydrogen-bond acceptors (Lipinski definition) is 4. The molecule has 0 unspecified atom stereocenters. The first-order valence-electron chi connectivity index (χ1n) is 5.60. The van der Waals surface area contributed by atoms with Crippen LogP contribution in [0.3, 0.4) is 0 Å². The average Bonchev–Trinajstić information content (AvgIpc) is 2.73. The molecule has 1 aromatic carbocycles. The SMILES string of the molecule is CCc1nc(-c2cc(Cl)c(N)cc2OC)n(C)n1. The minimum atomic E-state index is 0.479. The summed E-state index contributed by atoms with van der Waals surface area (Å²) < 4.78 is 7.03. The van der Waals surface area contributed by atoms with Gasteiger partial charge in [-0.15, -0.1) is 0 Å². The van der Waals surface area contributed by atoms with Gasteiger partial charge in [-0.25, -0.2) is 9.67 Å². The van der Waals surface area contributed by atoms with Crippen LogP contribution >= 0.6 is 11.6 Å². The Morgan fingerprint density at radius 2 is 2.17 bits per heavy atom. The van der Waals surface area contributed by atoms with Crippen molar-refractivity contribution in [1.82, 2.24) is 14.8 Å². The molecule has 0 aliphatic heterocycles. The van der Waals surface area contributed by atoms with E-state index in [0.29, 0.717) is 22.3 Å². The fourth-order valence-corrected chi connectivity index (χ4v) is 1.90. The van der Waals surface area contributed by atoms with Crippen LogP contribution in [-0.2, 0) is 13.5 Å². The smallest absolute Gasteiger partial charge is 0.161 e. The number of methoxy groups -OCH3 is 1. The minimum absolute atomic E-state index is 0.479.